The second-order valence-corrected chi connectivity index (χ2v) is 12.0. The highest BCUT2D eigenvalue weighted by atomic mass is 35.5. The van der Waals surface area contributed by atoms with Gasteiger partial charge < -0.3 is 15.4 Å². The average Bonchev–Trinajstić information content (AvgIpc) is 3.17. The van der Waals surface area contributed by atoms with Gasteiger partial charge in [0.15, 0.2) is 9.84 Å². The molecule has 0 saturated heterocycles. The maximum Gasteiger partial charge on any atom is 0.232 e. The number of aromatic nitrogens is 1. The molecule has 0 aliphatic heterocycles. The van der Waals surface area contributed by atoms with E-state index in [1.165, 1.54) is 6.26 Å². The Morgan fingerprint density at radius 2 is 1.88 bits per heavy atom. The van der Waals surface area contributed by atoms with Gasteiger partial charge in [0.1, 0.15) is 0 Å². The fourth-order valence-corrected chi connectivity index (χ4v) is 5.83. The van der Waals surface area contributed by atoms with E-state index in [-0.39, 0.29) is 23.1 Å². The number of aromatic amines is 1. The van der Waals surface area contributed by atoms with Crippen molar-refractivity contribution in [3.05, 3.63) is 59.8 Å². The summed E-state index contributed by atoms with van der Waals surface area (Å²) in [6.07, 6.45) is 3.16. The lowest BCUT2D eigenvalue weighted by Gasteiger charge is -2.14. The Morgan fingerprint density at radius 3 is 2.61 bits per heavy atom. The molecule has 33 heavy (non-hydrogen) atoms. The maximum atomic E-state index is 12.1. The van der Waals surface area contributed by atoms with E-state index in [0.29, 0.717) is 36.2 Å². The van der Waals surface area contributed by atoms with Gasteiger partial charge in [-0.25, -0.2) is 16.8 Å². The summed E-state index contributed by atoms with van der Waals surface area (Å²) in [7, 11) is -6.82. The molecule has 0 saturated carbocycles. The molecule has 0 amide bonds. The predicted octanol–water partition coefficient (Wildman–Crippen LogP) is 2.81. The zero-order valence-electron chi connectivity index (χ0n) is 18.2. The van der Waals surface area contributed by atoms with Gasteiger partial charge in [-0.3, -0.25) is 4.72 Å². The molecular weight excluding hydrogens is 486 g/mol. The van der Waals surface area contributed by atoms with Crippen LogP contribution in [-0.2, 0) is 26.3 Å². The summed E-state index contributed by atoms with van der Waals surface area (Å²) in [4.78, 5) is 3.33. The SMILES string of the molecule is CS(=O)(=O)c1cccc2c(CCNC[C@H](O)c3cccc(NS(=O)(=O)CCCCl)c3)c[nH]c12. The van der Waals surface area contributed by atoms with E-state index < -0.39 is 26.0 Å². The van der Waals surface area contributed by atoms with Gasteiger partial charge >= 0.3 is 0 Å². The topological polar surface area (TPSA) is 128 Å². The van der Waals surface area contributed by atoms with Crippen molar-refractivity contribution in [2.24, 2.45) is 0 Å². The molecule has 0 radical (unpaired) electrons. The van der Waals surface area contributed by atoms with Crippen LogP contribution < -0.4 is 10.0 Å². The van der Waals surface area contributed by atoms with Crippen LogP contribution >= 0.6 is 11.6 Å². The lowest BCUT2D eigenvalue weighted by Crippen LogP contribution is -2.24. The van der Waals surface area contributed by atoms with Crippen LogP contribution in [-0.4, -0.2) is 57.9 Å². The zero-order valence-corrected chi connectivity index (χ0v) is 20.6. The number of sulfone groups is 1. The molecule has 180 valence electrons. The van der Waals surface area contributed by atoms with Gasteiger partial charge in [0.25, 0.3) is 0 Å². The quantitative estimate of drug-likeness (QED) is 0.218. The van der Waals surface area contributed by atoms with Gasteiger partial charge in [0.05, 0.1) is 22.3 Å². The van der Waals surface area contributed by atoms with Gasteiger partial charge in [0.2, 0.25) is 10.0 Å². The van der Waals surface area contributed by atoms with Crippen LogP contribution in [0.15, 0.2) is 53.6 Å². The standard InChI is InChI=1S/C22H28ClN3O5S2/c1-32(28,29)21-8-3-7-19-17(14-25-22(19)21)9-11-24-15-20(27)16-5-2-6-18(13-16)26-33(30,31)12-4-10-23/h2-3,5-8,13-14,20,24-27H,4,9-12,15H2,1H3/t20-/m0/s1. The molecule has 0 fully saturated rings. The number of benzene rings is 2. The highest BCUT2D eigenvalue weighted by Gasteiger charge is 2.15. The van der Waals surface area contributed by atoms with E-state index in [1.54, 1.807) is 42.6 Å². The van der Waals surface area contributed by atoms with Crippen LogP contribution in [0.25, 0.3) is 10.9 Å². The van der Waals surface area contributed by atoms with Crippen molar-refractivity contribution in [3.63, 3.8) is 0 Å². The summed E-state index contributed by atoms with van der Waals surface area (Å²) in [5, 5.41) is 14.6. The number of anilines is 1. The van der Waals surface area contributed by atoms with Gasteiger partial charge in [-0.1, -0.05) is 24.3 Å². The number of alkyl halides is 1. The summed E-state index contributed by atoms with van der Waals surface area (Å²) in [6, 6.07) is 11.8. The first-order valence-corrected chi connectivity index (χ1v) is 14.5. The molecule has 0 spiro atoms. The first-order valence-electron chi connectivity index (χ1n) is 10.4. The number of para-hydroxylation sites is 1. The monoisotopic (exact) mass is 513 g/mol. The highest BCUT2D eigenvalue weighted by molar-refractivity contribution is 7.92. The van der Waals surface area contributed by atoms with Crippen molar-refractivity contribution in [2.45, 2.75) is 23.8 Å². The van der Waals surface area contributed by atoms with Gasteiger partial charge in [-0.2, -0.15) is 0 Å². The number of nitrogens with one attached hydrogen (secondary N) is 3. The number of halogens is 1. The molecule has 3 rings (SSSR count). The minimum Gasteiger partial charge on any atom is -0.387 e. The van der Waals surface area contributed by atoms with E-state index in [4.69, 9.17) is 11.6 Å². The fraction of sp³-hybridized carbons (Fsp3) is 0.364. The second-order valence-electron chi connectivity index (χ2n) is 7.82. The Hall–Kier alpha value is -2.11. The molecule has 0 aliphatic rings. The van der Waals surface area contributed by atoms with Crippen LogP contribution in [0.5, 0.6) is 0 Å². The van der Waals surface area contributed by atoms with E-state index in [9.17, 15) is 21.9 Å². The Labute approximate surface area is 199 Å². The molecule has 0 aliphatic carbocycles. The van der Waals surface area contributed by atoms with E-state index in [1.807, 2.05) is 6.07 Å². The minimum absolute atomic E-state index is 0.0651. The number of H-pyrrole nitrogens is 1. The van der Waals surface area contributed by atoms with Crippen molar-refractivity contribution in [1.82, 2.24) is 10.3 Å². The number of sulfonamides is 1. The molecule has 0 bridgehead atoms. The van der Waals surface area contributed by atoms with Crippen molar-refractivity contribution >= 4 is 48.1 Å². The Kier molecular flexibility index (Phi) is 8.41. The molecule has 0 unspecified atom stereocenters. The Balaban J connectivity index is 1.57. The number of hydrogen-bond acceptors (Lipinski definition) is 6. The number of aliphatic hydroxyl groups is 1. The van der Waals surface area contributed by atoms with Crippen molar-refractivity contribution in [3.8, 4) is 0 Å². The zero-order chi connectivity index (χ0) is 24.1. The van der Waals surface area contributed by atoms with Gasteiger partial charge in [0, 0.05) is 36.0 Å². The summed E-state index contributed by atoms with van der Waals surface area (Å²) >= 11 is 5.57. The molecule has 3 aromatic rings. The third kappa shape index (κ3) is 6.94. The van der Waals surface area contributed by atoms with Crippen LogP contribution in [0.2, 0.25) is 0 Å². The van der Waals surface area contributed by atoms with Crippen molar-refractivity contribution in [1.29, 1.82) is 0 Å². The molecule has 1 heterocycles. The molecular formula is C22H28ClN3O5S2. The first kappa shape index (κ1) is 25.5. The Bertz CT molecular complexity index is 1310. The van der Waals surface area contributed by atoms with Crippen molar-refractivity contribution in [2.75, 3.05) is 35.7 Å². The van der Waals surface area contributed by atoms with Gasteiger partial charge in [-0.15, -0.1) is 11.6 Å². The summed E-state index contributed by atoms with van der Waals surface area (Å²) in [5.74, 6) is 0.201. The summed E-state index contributed by atoms with van der Waals surface area (Å²) in [5.41, 5.74) is 2.55. The molecule has 4 N–H and O–H groups in total. The summed E-state index contributed by atoms with van der Waals surface area (Å²) in [6.45, 7) is 0.845. The average molecular weight is 514 g/mol. The minimum atomic E-state index is -3.49. The predicted molar refractivity (Wildman–Crippen MR) is 132 cm³/mol. The summed E-state index contributed by atoms with van der Waals surface area (Å²) < 4.78 is 50.5. The molecule has 1 aromatic heterocycles. The largest absolute Gasteiger partial charge is 0.387 e. The second kappa shape index (κ2) is 10.9. The number of rotatable bonds is 12. The lowest BCUT2D eigenvalue weighted by molar-refractivity contribution is 0.175. The lowest BCUT2D eigenvalue weighted by atomic mass is 10.1. The highest BCUT2D eigenvalue weighted by Crippen LogP contribution is 2.25. The van der Waals surface area contributed by atoms with Crippen molar-refractivity contribution < 1.29 is 21.9 Å². The van der Waals surface area contributed by atoms with Crippen LogP contribution in [0.3, 0.4) is 0 Å². The molecule has 8 nitrogen and oxygen atoms in total. The normalized spacial score (nSPS) is 13.3. The van der Waals surface area contributed by atoms with Gasteiger partial charge in [-0.05, 0) is 48.7 Å². The maximum absolute atomic E-state index is 12.1. The number of hydrogen-bond donors (Lipinski definition) is 4. The molecule has 2 aromatic carbocycles. The molecule has 11 heteroatoms. The van der Waals surface area contributed by atoms with E-state index >= 15 is 0 Å². The van der Waals surface area contributed by atoms with Crippen LogP contribution in [0, 0.1) is 0 Å². The fourth-order valence-electron chi connectivity index (χ4n) is 3.56. The molecule has 1 atom stereocenters. The van der Waals surface area contributed by atoms with E-state index in [2.05, 4.69) is 15.0 Å². The van der Waals surface area contributed by atoms with Crippen LogP contribution in [0.1, 0.15) is 23.7 Å². The first-order chi connectivity index (χ1) is 15.6. The third-order valence-corrected chi connectivity index (χ3v) is 7.94. The number of aliphatic hydroxyl groups excluding tert-OH is 1. The smallest absolute Gasteiger partial charge is 0.232 e. The van der Waals surface area contributed by atoms with E-state index in [0.717, 1.165) is 10.9 Å². The third-order valence-electron chi connectivity index (χ3n) is 5.16. The number of fused-ring (bicyclic) bond motifs is 1. The Morgan fingerprint density at radius 1 is 1.12 bits per heavy atom. The van der Waals surface area contributed by atoms with Crippen LogP contribution in [0.4, 0.5) is 5.69 Å².